The van der Waals surface area contributed by atoms with E-state index in [2.05, 4.69) is 10.1 Å². The molecule has 1 aliphatic carbocycles. The van der Waals surface area contributed by atoms with Crippen LogP contribution in [0, 0.1) is 24.2 Å². The molecule has 1 saturated heterocycles. The van der Waals surface area contributed by atoms with Gasteiger partial charge in [0, 0.05) is 5.92 Å². The number of hydrogen-bond donors (Lipinski definition) is 1. The van der Waals surface area contributed by atoms with Crippen molar-refractivity contribution in [2.45, 2.75) is 18.6 Å². The molecule has 0 spiro atoms. The average molecular weight is 223 g/mol. The van der Waals surface area contributed by atoms with Gasteiger partial charge in [-0.25, -0.2) is 0 Å². The summed E-state index contributed by atoms with van der Waals surface area (Å²) in [5.41, 5.74) is 0. The van der Waals surface area contributed by atoms with E-state index in [1.165, 1.54) is 7.11 Å². The number of amides is 1. The van der Waals surface area contributed by atoms with E-state index in [0.29, 0.717) is 13.0 Å². The third-order valence-electron chi connectivity index (χ3n) is 3.11. The maximum absolute atomic E-state index is 11.3. The van der Waals surface area contributed by atoms with Crippen molar-refractivity contribution < 1.29 is 19.1 Å². The molecule has 2 fully saturated rings. The Morgan fingerprint density at radius 3 is 2.94 bits per heavy atom. The SMILES string of the molecule is C#CC(=O)NC1C2CC(C(=O)OC)COC21. The van der Waals surface area contributed by atoms with E-state index < -0.39 is 5.91 Å². The first-order valence-corrected chi connectivity index (χ1v) is 5.14. The van der Waals surface area contributed by atoms with Crippen LogP contribution in [0.25, 0.3) is 0 Å². The lowest BCUT2D eigenvalue weighted by Crippen LogP contribution is -2.27. The molecule has 0 aromatic heterocycles. The van der Waals surface area contributed by atoms with Crippen LogP contribution in [0.4, 0.5) is 0 Å². The second kappa shape index (κ2) is 4.14. The fourth-order valence-electron chi connectivity index (χ4n) is 2.19. The number of rotatable bonds is 2. The lowest BCUT2D eigenvalue weighted by atomic mass is 10.0. The third-order valence-corrected chi connectivity index (χ3v) is 3.11. The van der Waals surface area contributed by atoms with Crippen LogP contribution in [-0.4, -0.2) is 37.7 Å². The molecule has 2 aliphatic rings. The summed E-state index contributed by atoms with van der Waals surface area (Å²) in [4.78, 5) is 22.3. The second-order valence-electron chi connectivity index (χ2n) is 4.06. The molecular formula is C11H13NO4. The van der Waals surface area contributed by atoms with Gasteiger partial charge in [-0.15, -0.1) is 6.42 Å². The number of esters is 1. The van der Waals surface area contributed by atoms with Crippen LogP contribution >= 0.6 is 0 Å². The fourth-order valence-corrected chi connectivity index (χ4v) is 2.19. The molecule has 4 atom stereocenters. The summed E-state index contributed by atoms with van der Waals surface area (Å²) in [6, 6.07) is -0.0433. The first kappa shape index (κ1) is 11.0. The molecule has 16 heavy (non-hydrogen) atoms. The molecule has 1 amide bonds. The van der Waals surface area contributed by atoms with Gasteiger partial charge in [0.15, 0.2) is 0 Å². The van der Waals surface area contributed by atoms with Crippen LogP contribution in [0.15, 0.2) is 0 Å². The predicted octanol–water partition coefficient (Wildman–Crippen LogP) is -0.688. The molecule has 2 rings (SSSR count). The van der Waals surface area contributed by atoms with Crippen molar-refractivity contribution >= 4 is 11.9 Å². The fraction of sp³-hybridized carbons (Fsp3) is 0.636. The summed E-state index contributed by atoms with van der Waals surface area (Å²) in [7, 11) is 1.36. The quantitative estimate of drug-likeness (QED) is 0.497. The maximum atomic E-state index is 11.3. The van der Waals surface area contributed by atoms with Gasteiger partial charge in [-0.2, -0.15) is 0 Å². The largest absolute Gasteiger partial charge is 0.469 e. The lowest BCUT2D eigenvalue weighted by molar-refractivity contribution is -0.150. The highest BCUT2D eigenvalue weighted by atomic mass is 16.5. The molecule has 0 radical (unpaired) electrons. The molecule has 1 heterocycles. The van der Waals surface area contributed by atoms with Crippen molar-refractivity contribution in [3.8, 4) is 12.3 Å². The van der Waals surface area contributed by atoms with Crippen LogP contribution in [0.1, 0.15) is 6.42 Å². The Hall–Kier alpha value is -1.54. The number of methoxy groups -OCH3 is 1. The average Bonchev–Trinajstić information content (AvgIpc) is 3.00. The molecular weight excluding hydrogens is 210 g/mol. The smallest absolute Gasteiger partial charge is 0.311 e. The Morgan fingerprint density at radius 2 is 2.31 bits per heavy atom. The van der Waals surface area contributed by atoms with Crippen molar-refractivity contribution in [1.29, 1.82) is 0 Å². The van der Waals surface area contributed by atoms with Gasteiger partial charge >= 0.3 is 5.97 Å². The Labute approximate surface area is 93.5 Å². The monoisotopic (exact) mass is 223 g/mol. The highest BCUT2D eigenvalue weighted by Gasteiger charge is 2.56. The summed E-state index contributed by atoms with van der Waals surface area (Å²) >= 11 is 0. The van der Waals surface area contributed by atoms with E-state index >= 15 is 0 Å². The third kappa shape index (κ3) is 1.89. The summed E-state index contributed by atoms with van der Waals surface area (Å²) in [5.74, 6) is 1.27. The summed E-state index contributed by atoms with van der Waals surface area (Å²) in [6.07, 6.45) is 5.66. The van der Waals surface area contributed by atoms with E-state index in [4.69, 9.17) is 11.2 Å². The van der Waals surface area contributed by atoms with E-state index in [1.54, 1.807) is 0 Å². The van der Waals surface area contributed by atoms with Crippen molar-refractivity contribution in [3.63, 3.8) is 0 Å². The van der Waals surface area contributed by atoms with Crippen molar-refractivity contribution in [3.05, 3.63) is 0 Å². The first-order valence-electron chi connectivity index (χ1n) is 5.14. The van der Waals surface area contributed by atoms with Gasteiger partial charge in [-0.3, -0.25) is 9.59 Å². The number of terminal acetylenes is 1. The number of hydrogen-bond acceptors (Lipinski definition) is 4. The highest BCUT2D eigenvalue weighted by molar-refractivity contribution is 5.93. The number of carbonyl (C=O) groups excluding carboxylic acids is 2. The Morgan fingerprint density at radius 1 is 1.56 bits per heavy atom. The molecule has 0 bridgehead atoms. The minimum absolute atomic E-state index is 0.0122. The van der Waals surface area contributed by atoms with Gasteiger partial charge < -0.3 is 14.8 Å². The standard InChI is InChI=1S/C11H13NO4/c1-3-8(13)12-9-7-4-6(11(14)15-2)5-16-10(7)9/h1,6-7,9-10H,4-5H2,2H3,(H,12,13). The Balaban J connectivity index is 1.87. The van der Waals surface area contributed by atoms with E-state index in [9.17, 15) is 9.59 Å². The minimum atomic E-state index is -0.433. The second-order valence-corrected chi connectivity index (χ2v) is 4.06. The zero-order valence-corrected chi connectivity index (χ0v) is 8.93. The molecule has 4 unspecified atom stereocenters. The van der Waals surface area contributed by atoms with E-state index in [0.717, 1.165) is 0 Å². The van der Waals surface area contributed by atoms with Crippen LogP contribution in [0.2, 0.25) is 0 Å². The molecule has 5 heteroatoms. The highest BCUT2D eigenvalue weighted by Crippen LogP contribution is 2.43. The topological polar surface area (TPSA) is 64.6 Å². The lowest BCUT2D eigenvalue weighted by Gasteiger charge is -2.18. The zero-order chi connectivity index (χ0) is 11.7. The number of carbonyl (C=O) groups is 2. The van der Waals surface area contributed by atoms with Crippen molar-refractivity contribution in [1.82, 2.24) is 5.32 Å². The molecule has 1 saturated carbocycles. The van der Waals surface area contributed by atoms with Gasteiger partial charge in [0.2, 0.25) is 0 Å². The summed E-state index contributed by atoms with van der Waals surface area (Å²) < 4.78 is 10.1. The predicted molar refractivity (Wildman–Crippen MR) is 54.1 cm³/mol. The van der Waals surface area contributed by atoms with E-state index in [1.807, 2.05) is 5.92 Å². The normalized spacial score (nSPS) is 35.5. The van der Waals surface area contributed by atoms with Crippen molar-refractivity contribution in [2.24, 2.45) is 11.8 Å². The number of nitrogens with one attached hydrogen (secondary N) is 1. The number of fused-ring (bicyclic) bond motifs is 1. The maximum Gasteiger partial charge on any atom is 0.311 e. The van der Waals surface area contributed by atoms with Crippen LogP contribution in [0.3, 0.4) is 0 Å². The minimum Gasteiger partial charge on any atom is -0.469 e. The molecule has 0 aromatic rings. The summed E-state index contributed by atoms with van der Waals surface area (Å²) in [6.45, 7) is 0.357. The molecule has 0 aromatic carbocycles. The Bertz CT molecular complexity index is 359. The summed E-state index contributed by atoms with van der Waals surface area (Å²) in [5, 5.41) is 2.67. The zero-order valence-electron chi connectivity index (χ0n) is 8.93. The van der Waals surface area contributed by atoms with Crippen LogP contribution < -0.4 is 5.32 Å². The van der Waals surface area contributed by atoms with Gasteiger partial charge in [-0.05, 0) is 12.3 Å². The van der Waals surface area contributed by atoms with Crippen LogP contribution in [-0.2, 0) is 19.1 Å². The van der Waals surface area contributed by atoms with Crippen LogP contribution in [0.5, 0.6) is 0 Å². The van der Waals surface area contributed by atoms with Gasteiger partial charge in [0.1, 0.15) is 0 Å². The van der Waals surface area contributed by atoms with E-state index in [-0.39, 0.29) is 30.0 Å². The van der Waals surface area contributed by atoms with Gasteiger partial charge in [0.25, 0.3) is 5.91 Å². The van der Waals surface area contributed by atoms with Gasteiger partial charge in [-0.1, -0.05) is 0 Å². The molecule has 86 valence electrons. The van der Waals surface area contributed by atoms with Crippen molar-refractivity contribution in [2.75, 3.05) is 13.7 Å². The van der Waals surface area contributed by atoms with Gasteiger partial charge in [0.05, 0.1) is 31.8 Å². The Kier molecular flexibility index (Phi) is 2.84. The number of ether oxygens (including phenoxy) is 2. The molecule has 1 aliphatic heterocycles. The first-order chi connectivity index (χ1) is 7.67. The molecule has 5 nitrogen and oxygen atoms in total. The molecule has 1 N–H and O–H groups in total.